The molecule has 0 spiro atoms. The van der Waals surface area contributed by atoms with Gasteiger partial charge in [-0.1, -0.05) is 26.3 Å². The Kier molecular flexibility index (Phi) is 4.50. The van der Waals surface area contributed by atoms with Crippen molar-refractivity contribution >= 4 is 0 Å². The number of allylic oxidation sites excluding steroid dienone is 4. The summed E-state index contributed by atoms with van der Waals surface area (Å²) in [4.78, 5) is 2.59. The first-order valence-corrected chi connectivity index (χ1v) is 7.52. The highest BCUT2D eigenvalue weighted by molar-refractivity contribution is 5.34. The van der Waals surface area contributed by atoms with Gasteiger partial charge in [0.2, 0.25) is 0 Å². The van der Waals surface area contributed by atoms with Gasteiger partial charge in [0.1, 0.15) is 0 Å². The van der Waals surface area contributed by atoms with Crippen LogP contribution in [0.2, 0.25) is 0 Å². The van der Waals surface area contributed by atoms with Gasteiger partial charge < -0.3 is 10.2 Å². The molecule has 1 saturated heterocycles. The molecule has 0 radical (unpaired) electrons. The van der Waals surface area contributed by atoms with E-state index in [9.17, 15) is 0 Å². The SMILES string of the molecule is CCC1=C(C(C)C)CCC(N2CCNC(C)C2)=C1. The smallest absolute Gasteiger partial charge is 0.0326 e. The van der Waals surface area contributed by atoms with Crippen molar-refractivity contribution in [1.29, 1.82) is 0 Å². The summed E-state index contributed by atoms with van der Waals surface area (Å²) >= 11 is 0. The number of hydrogen-bond donors (Lipinski definition) is 1. The standard InChI is InChI=1S/C16H28N2/c1-5-14-10-15(6-7-16(14)12(2)3)18-9-8-17-13(4)11-18/h10,12-13,17H,5-9,11H2,1-4H3. The molecule has 0 saturated carbocycles. The maximum Gasteiger partial charge on any atom is 0.0326 e. The molecule has 1 heterocycles. The molecule has 1 N–H and O–H groups in total. The van der Waals surface area contributed by atoms with Crippen LogP contribution < -0.4 is 5.32 Å². The summed E-state index contributed by atoms with van der Waals surface area (Å²) in [6.45, 7) is 12.7. The van der Waals surface area contributed by atoms with Crippen LogP contribution in [0, 0.1) is 5.92 Å². The maximum atomic E-state index is 3.52. The molecule has 102 valence electrons. The second-order valence-corrected chi connectivity index (χ2v) is 6.00. The van der Waals surface area contributed by atoms with E-state index in [1.807, 2.05) is 0 Å². The minimum atomic E-state index is 0.625. The number of hydrogen-bond acceptors (Lipinski definition) is 2. The molecule has 0 amide bonds. The third kappa shape index (κ3) is 2.97. The largest absolute Gasteiger partial charge is 0.372 e. The van der Waals surface area contributed by atoms with E-state index in [2.05, 4.69) is 44.0 Å². The van der Waals surface area contributed by atoms with Crippen molar-refractivity contribution in [2.24, 2.45) is 5.92 Å². The summed E-state index contributed by atoms with van der Waals surface area (Å²) in [6, 6.07) is 0.625. The molecule has 2 heteroatoms. The van der Waals surface area contributed by atoms with Crippen molar-refractivity contribution in [2.45, 2.75) is 53.0 Å². The molecule has 0 bridgehead atoms. The second-order valence-electron chi connectivity index (χ2n) is 6.00. The van der Waals surface area contributed by atoms with Crippen LogP contribution in [-0.2, 0) is 0 Å². The number of nitrogens with zero attached hydrogens (tertiary/aromatic N) is 1. The van der Waals surface area contributed by atoms with Gasteiger partial charge in [-0.2, -0.15) is 0 Å². The lowest BCUT2D eigenvalue weighted by Gasteiger charge is -2.37. The highest BCUT2D eigenvalue weighted by Gasteiger charge is 2.21. The van der Waals surface area contributed by atoms with Crippen LogP contribution in [0.25, 0.3) is 0 Å². The van der Waals surface area contributed by atoms with E-state index in [0.717, 1.165) is 6.54 Å². The van der Waals surface area contributed by atoms with Gasteiger partial charge in [0.25, 0.3) is 0 Å². The molecule has 2 nitrogen and oxygen atoms in total. The Morgan fingerprint density at radius 2 is 2.17 bits per heavy atom. The molecule has 1 aliphatic carbocycles. The summed E-state index contributed by atoms with van der Waals surface area (Å²) in [5.74, 6) is 0.708. The van der Waals surface area contributed by atoms with Gasteiger partial charge in [-0.05, 0) is 43.8 Å². The summed E-state index contributed by atoms with van der Waals surface area (Å²) in [6.07, 6.45) is 6.17. The van der Waals surface area contributed by atoms with E-state index in [1.54, 1.807) is 16.8 Å². The molecule has 0 aromatic carbocycles. The molecule has 1 unspecified atom stereocenters. The first-order valence-electron chi connectivity index (χ1n) is 7.52. The minimum Gasteiger partial charge on any atom is -0.372 e. The third-order valence-corrected chi connectivity index (χ3v) is 4.26. The average molecular weight is 248 g/mol. The lowest BCUT2D eigenvalue weighted by Crippen LogP contribution is -2.48. The zero-order valence-electron chi connectivity index (χ0n) is 12.4. The number of rotatable bonds is 3. The van der Waals surface area contributed by atoms with Crippen LogP contribution >= 0.6 is 0 Å². The number of piperazine rings is 1. The molecule has 0 aromatic rings. The minimum absolute atomic E-state index is 0.625. The van der Waals surface area contributed by atoms with Crippen LogP contribution in [-0.4, -0.2) is 30.6 Å². The van der Waals surface area contributed by atoms with E-state index >= 15 is 0 Å². The fraction of sp³-hybridized carbons (Fsp3) is 0.750. The second kappa shape index (κ2) is 5.92. The fourth-order valence-electron chi connectivity index (χ4n) is 3.22. The van der Waals surface area contributed by atoms with Crippen molar-refractivity contribution in [3.8, 4) is 0 Å². The Morgan fingerprint density at radius 1 is 1.39 bits per heavy atom. The molecule has 18 heavy (non-hydrogen) atoms. The summed E-state index contributed by atoms with van der Waals surface area (Å²) in [7, 11) is 0. The van der Waals surface area contributed by atoms with Crippen molar-refractivity contribution in [3.63, 3.8) is 0 Å². The van der Waals surface area contributed by atoms with E-state index in [0.29, 0.717) is 12.0 Å². The van der Waals surface area contributed by atoms with Crippen molar-refractivity contribution in [3.05, 3.63) is 22.9 Å². The van der Waals surface area contributed by atoms with Crippen molar-refractivity contribution < 1.29 is 0 Å². The molecule has 1 fully saturated rings. The Labute approximate surface area is 112 Å². The zero-order valence-corrected chi connectivity index (χ0v) is 12.4. The van der Waals surface area contributed by atoms with Gasteiger partial charge in [-0.3, -0.25) is 0 Å². The molecular weight excluding hydrogens is 220 g/mol. The summed E-state index contributed by atoms with van der Waals surface area (Å²) in [5, 5.41) is 3.52. The van der Waals surface area contributed by atoms with Crippen LogP contribution in [0.4, 0.5) is 0 Å². The topological polar surface area (TPSA) is 15.3 Å². The predicted octanol–water partition coefficient (Wildman–Crippen LogP) is 3.32. The Bertz CT molecular complexity index is 352. The lowest BCUT2D eigenvalue weighted by atomic mass is 9.86. The fourth-order valence-corrected chi connectivity index (χ4v) is 3.22. The lowest BCUT2D eigenvalue weighted by molar-refractivity contribution is 0.247. The highest BCUT2D eigenvalue weighted by Crippen LogP contribution is 2.32. The van der Waals surface area contributed by atoms with Crippen molar-refractivity contribution in [2.75, 3.05) is 19.6 Å². The zero-order chi connectivity index (χ0) is 13.1. The van der Waals surface area contributed by atoms with Gasteiger partial charge in [0, 0.05) is 31.4 Å². The van der Waals surface area contributed by atoms with E-state index in [-0.39, 0.29) is 0 Å². The van der Waals surface area contributed by atoms with Gasteiger partial charge in [0.05, 0.1) is 0 Å². The van der Waals surface area contributed by atoms with E-state index in [1.165, 1.54) is 32.4 Å². The normalized spacial score (nSPS) is 25.7. The molecule has 1 aliphatic heterocycles. The van der Waals surface area contributed by atoms with E-state index < -0.39 is 0 Å². The third-order valence-electron chi connectivity index (χ3n) is 4.26. The molecule has 2 aliphatic rings. The van der Waals surface area contributed by atoms with E-state index in [4.69, 9.17) is 0 Å². The van der Waals surface area contributed by atoms with Gasteiger partial charge in [-0.15, -0.1) is 0 Å². The first kappa shape index (κ1) is 13.7. The molecule has 2 rings (SSSR count). The predicted molar refractivity (Wildman–Crippen MR) is 78.5 cm³/mol. The quantitative estimate of drug-likeness (QED) is 0.824. The number of nitrogens with one attached hydrogen (secondary N) is 1. The Hall–Kier alpha value is -0.760. The Morgan fingerprint density at radius 3 is 2.78 bits per heavy atom. The Balaban J connectivity index is 2.15. The monoisotopic (exact) mass is 248 g/mol. The summed E-state index contributed by atoms with van der Waals surface area (Å²) in [5.41, 5.74) is 4.85. The van der Waals surface area contributed by atoms with Crippen molar-refractivity contribution in [1.82, 2.24) is 10.2 Å². The maximum absolute atomic E-state index is 3.52. The highest BCUT2D eigenvalue weighted by atomic mass is 15.2. The summed E-state index contributed by atoms with van der Waals surface area (Å²) < 4.78 is 0. The molecular formula is C16H28N2. The van der Waals surface area contributed by atoms with Gasteiger partial charge in [0.15, 0.2) is 0 Å². The van der Waals surface area contributed by atoms with Crippen LogP contribution in [0.5, 0.6) is 0 Å². The van der Waals surface area contributed by atoms with Crippen LogP contribution in [0.15, 0.2) is 22.9 Å². The van der Waals surface area contributed by atoms with Crippen LogP contribution in [0.3, 0.4) is 0 Å². The molecule has 0 aromatic heterocycles. The van der Waals surface area contributed by atoms with Gasteiger partial charge in [-0.25, -0.2) is 0 Å². The van der Waals surface area contributed by atoms with Crippen LogP contribution in [0.1, 0.15) is 47.0 Å². The molecule has 1 atom stereocenters. The first-order chi connectivity index (χ1) is 8.61. The van der Waals surface area contributed by atoms with Gasteiger partial charge >= 0.3 is 0 Å². The average Bonchev–Trinajstić information content (AvgIpc) is 2.37.